The van der Waals surface area contributed by atoms with E-state index in [4.69, 9.17) is 0 Å². The molecule has 3 atom stereocenters. The Balaban J connectivity index is 1.91. The highest BCUT2D eigenvalue weighted by Gasteiger charge is 2.72. The Kier molecular flexibility index (Phi) is 4.75. The number of fused-ring (bicyclic) bond motifs is 1. The number of thioether (sulfide) groups is 2. The minimum absolute atomic E-state index is 0.293. The predicted molar refractivity (Wildman–Crippen MR) is 96.6 cm³/mol. The largest absolute Gasteiger partial charge is 0.480 e. The molecule has 3 N–H and O–H groups in total. The van der Waals surface area contributed by atoms with Gasteiger partial charge >= 0.3 is 11.9 Å². The van der Waals surface area contributed by atoms with Crippen LogP contribution in [-0.4, -0.2) is 81.0 Å². The van der Waals surface area contributed by atoms with Crippen LogP contribution in [-0.2, 0) is 29.0 Å². The molecule has 0 aliphatic carbocycles. The molecule has 3 saturated heterocycles. The van der Waals surface area contributed by atoms with Crippen molar-refractivity contribution in [1.82, 2.24) is 10.2 Å². The van der Waals surface area contributed by atoms with Crippen LogP contribution in [0.25, 0.3) is 0 Å². The molecule has 10 nitrogen and oxygen atoms in total. The van der Waals surface area contributed by atoms with E-state index in [9.17, 15) is 37.8 Å². The minimum Gasteiger partial charge on any atom is -0.480 e. The van der Waals surface area contributed by atoms with Gasteiger partial charge in [-0.3, -0.25) is 9.59 Å². The zero-order valence-corrected chi connectivity index (χ0v) is 16.6. The van der Waals surface area contributed by atoms with E-state index in [1.54, 1.807) is 0 Å². The SMILES string of the molecule is CC1(C)C(C(=O)O)N2C(=O)[C@@H](NC(=O)C(C(=O)O)=C3SCCS3)[C@@H]2S1(=O)=O. The van der Waals surface area contributed by atoms with Gasteiger partial charge in [-0.1, -0.05) is 0 Å². The molecule has 3 fully saturated rings. The molecule has 0 aromatic carbocycles. The number of sulfone groups is 1. The molecule has 0 saturated carbocycles. The molecule has 1 unspecified atom stereocenters. The zero-order valence-electron chi connectivity index (χ0n) is 14.2. The van der Waals surface area contributed by atoms with Crippen LogP contribution >= 0.6 is 23.5 Å². The van der Waals surface area contributed by atoms with Gasteiger partial charge in [0.1, 0.15) is 22.4 Å². The average Bonchev–Trinajstić information content (AvgIpc) is 3.09. The van der Waals surface area contributed by atoms with Crippen LogP contribution in [0.1, 0.15) is 13.8 Å². The number of carbonyl (C=O) groups excluding carboxylic acids is 2. The third kappa shape index (κ3) is 2.74. The Labute approximate surface area is 162 Å². The Morgan fingerprint density at radius 3 is 2.22 bits per heavy atom. The number of hydrogen-bond acceptors (Lipinski definition) is 8. The topological polar surface area (TPSA) is 158 Å². The Morgan fingerprint density at radius 2 is 1.74 bits per heavy atom. The number of hydrogen-bond donors (Lipinski definition) is 3. The summed E-state index contributed by atoms with van der Waals surface area (Å²) < 4.78 is 24.0. The summed E-state index contributed by atoms with van der Waals surface area (Å²) in [4.78, 5) is 48.5. The second kappa shape index (κ2) is 6.41. The van der Waals surface area contributed by atoms with E-state index in [1.807, 2.05) is 0 Å². The molecule has 3 aliphatic heterocycles. The molecule has 0 bridgehead atoms. The highest BCUT2D eigenvalue weighted by atomic mass is 32.2. The van der Waals surface area contributed by atoms with Crippen LogP contribution in [0.3, 0.4) is 0 Å². The van der Waals surface area contributed by atoms with Gasteiger partial charge < -0.3 is 20.4 Å². The van der Waals surface area contributed by atoms with Crippen molar-refractivity contribution < 1.29 is 37.8 Å². The summed E-state index contributed by atoms with van der Waals surface area (Å²) in [5, 5.41) is 19.3. The normalized spacial score (nSPS) is 30.4. The first-order valence-electron chi connectivity index (χ1n) is 7.75. The van der Waals surface area contributed by atoms with Gasteiger partial charge in [-0.05, 0) is 13.8 Å². The van der Waals surface area contributed by atoms with Gasteiger partial charge in [0.05, 0.1) is 4.24 Å². The van der Waals surface area contributed by atoms with Crippen molar-refractivity contribution in [1.29, 1.82) is 0 Å². The highest BCUT2D eigenvalue weighted by Crippen LogP contribution is 2.46. The van der Waals surface area contributed by atoms with E-state index in [2.05, 4.69) is 5.32 Å². The third-order valence-corrected chi connectivity index (χ3v) is 10.3. The number of carboxylic acid groups (broad SMARTS) is 2. The standard InChI is InChI=1S/C14H16N2O8S3/c1-14(2)7(12(21)22)16-9(18)6(10(16)27(14,23)24)15-8(17)5(11(19)20)13-25-3-4-26-13/h6-7,10H,3-4H2,1-2H3,(H,15,17)(H,19,20)(H,21,22)/t6-,7?,10+/m1/s1. The van der Waals surface area contributed by atoms with E-state index in [0.717, 1.165) is 4.90 Å². The number of carboxylic acids is 2. The van der Waals surface area contributed by atoms with E-state index < -0.39 is 61.4 Å². The number of β-lactam (4-membered cyclic amide) rings is 1. The number of aliphatic carboxylic acids is 2. The minimum atomic E-state index is -4.12. The molecule has 0 radical (unpaired) electrons. The van der Waals surface area contributed by atoms with E-state index >= 15 is 0 Å². The van der Waals surface area contributed by atoms with E-state index in [1.165, 1.54) is 37.4 Å². The van der Waals surface area contributed by atoms with Gasteiger partial charge in [0.2, 0.25) is 5.91 Å². The van der Waals surface area contributed by atoms with Crippen LogP contribution in [0, 0.1) is 0 Å². The smallest absolute Gasteiger partial charge is 0.343 e. The second-order valence-electron chi connectivity index (χ2n) is 6.64. The van der Waals surface area contributed by atoms with Crippen LogP contribution in [0.2, 0.25) is 0 Å². The van der Waals surface area contributed by atoms with Crippen LogP contribution < -0.4 is 5.32 Å². The first kappa shape index (κ1) is 20.0. The first-order chi connectivity index (χ1) is 12.4. The molecule has 3 aliphatic rings. The number of carbonyl (C=O) groups is 4. The Bertz CT molecular complexity index is 886. The summed E-state index contributed by atoms with van der Waals surface area (Å²) in [7, 11) is -4.12. The second-order valence-corrected chi connectivity index (χ2v) is 11.7. The maximum absolute atomic E-state index is 12.7. The van der Waals surface area contributed by atoms with Gasteiger partial charge in [0, 0.05) is 11.5 Å². The average molecular weight is 436 g/mol. The molecule has 3 heterocycles. The quantitative estimate of drug-likeness (QED) is 0.218. The van der Waals surface area contributed by atoms with Gasteiger partial charge in [-0.25, -0.2) is 18.0 Å². The van der Waals surface area contributed by atoms with Gasteiger partial charge in [0.15, 0.2) is 15.2 Å². The van der Waals surface area contributed by atoms with Gasteiger partial charge in [0.25, 0.3) is 5.91 Å². The summed E-state index contributed by atoms with van der Waals surface area (Å²) in [6, 6.07) is -3.09. The van der Waals surface area contributed by atoms with Crippen LogP contribution in [0.5, 0.6) is 0 Å². The van der Waals surface area contributed by atoms with Crippen molar-refractivity contribution in [2.75, 3.05) is 11.5 Å². The van der Waals surface area contributed by atoms with Crippen molar-refractivity contribution in [2.24, 2.45) is 0 Å². The molecule has 0 aromatic rings. The number of nitrogens with zero attached hydrogens (tertiary/aromatic N) is 1. The lowest BCUT2D eigenvalue weighted by Crippen LogP contribution is -2.72. The van der Waals surface area contributed by atoms with E-state index in [-0.39, 0.29) is 0 Å². The fourth-order valence-electron chi connectivity index (χ4n) is 3.39. The van der Waals surface area contributed by atoms with Crippen molar-refractivity contribution in [3.8, 4) is 0 Å². The maximum atomic E-state index is 12.7. The van der Waals surface area contributed by atoms with E-state index in [0.29, 0.717) is 15.7 Å². The molecule has 3 rings (SSSR count). The fourth-order valence-corrected chi connectivity index (χ4v) is 8.12. The number of rotatable bonds is 4. The highest BCUT2D eigenvalue weighted by molar-refractivity contribution is 8.25. The van der Waals surface area contributed by atoms with Crippen molar-refractivity contribution in [2.45, 2.75) is 36.1 Å². The third-order valence-electron chi connectivity index (χ3n) is 4.78. The summed E-state index contributed by atoms with van der Waals surface area (Å²) >= 11 is 2.39. The maximum Gasteiger partial charge on any atom is 0.343 e. The molecule has 27 heavy (non-hydrogen) atoms. The molecule has 0 spiro atoms. The summed E-state index contributed by atoms with van der Waals surface area (Å²) in [5.74, 6) is -3.61. The Morgan fingerprint density at radius 1 is 1.19 bits per heavy atom. The first-order valence-corrected chi connectivity index (χ1v) is 11.3. The Hall–Kier alpha value is -1.73. The van der Waals surface area contributed by atoms with Crippen molar-refractivity contribution in [3.05, 3.63) is 9.81 Å². The molecular formula is C14H16N2O8S3. The van der Waals surface area contributed by atoms with Gasteiger partial charge in [-0.15, -0.1) is 23.5 Å². The van der Waals surface area contributed by atoms with Crippen molar-refractivity contribution in [3.63, 3.8) is 0 Å². The number of amides is 2. The summed E-state index contributed by atoms with van der Waals surface area (Å²) in [6.07, 6.45) is 0. The monoisotopic (exact) mass is 436 g/mol. The molecular weight excluding hydrogens is 420 g/mol. The lowest BCUT2D eigenvalue weighted by atomic mass is 9.96. The predicted octanol–water partition coefficient (Wildman–Crippen LogP) is -0.924. The zero-order chi connectivity index (χ0) is 20.3. The fraction of sp³-hybridized carbons (Fsp3) is 0.571. The molecule has 0 aromatic heterocycles. The summed E-state index contributed by atoms with van der Waals surface area (Å²) in [6.45, 7) is 2.42. The molecule has 13 heteroatoms. The van der Waals surface area contributed by atoms with Crippen LogP contribution in [0.4, 0.5) is 0 Å². The van der Waals surface area contributed by atoms with Crippen LogP contribution in [0.15, 0.2) is 9.81 Å². The number of nitrogens with one attached hydrogen (secondary N) is 1. The van der Waals surface area contributed by atoms with Gasteiger partial charge in [-0.2, -0.15) is 0 Å². The van der Waals surface area contributed by atoms with Crippen molar-refractivity contribution >= 4 is 57.1 Å². The lowest BCUT2D eigenvalue weighted by molar-refractivity contribution is -0.161. The lowest BCUT2D eigenvalue weighted by Gasteiger charge is -2.42. The molecule has 148 valence electrons. The molecule has 2 amide bonds. The summed E-state index contributed by atoms with van der Waals surface area (Å²) in [5.41, 5.74) is -0.543.